The topological polar surface area (TPSA) is 195 Å². The number of carbonyl (C=O) groups excluding carboxylic acids is 3. The molecule has 3 aliphatic carbocycles. The Bertz CT molecular complexity index is 1720. The number of amides is 1. The van der Waals surface area contributed by atoms with Crippen LogP contribution in [0.2, 0.25) is 0 Å². The lowest BCUT2D eigenvalue weighted by Gasteiger charge is -2.53. The first-order valence-corrected chi connectivity index (χ1v) is 13.0. The first-order valence-electron chi connectivity index (χ1n) is 13.0. The number of phenols is 1. The predicted octanol–water partition coefficient (Wildman–Crippen LogP) is 1.91. The van der Waals surface area contributed by atoms with Gasteiger partial charge in [0.15, 0.2) is 11.4 Å². The second-order valence-corrected chi connectivity index (χ2v) is 11.1. The molecule has 1 fully saturated rings. The maximum atomic E-state index is 14.1. The highest BCUT2D eigenvalue weighted by Crippen LogP contribution is 2.57. The molecule has 0 radical (unpaired) electrons. The molecule has 212 valence electrons. The maximum Gasteiger partial charge on any atom is 0.255 e. The summed E-state index contributed by atoms with van der Waals surface area (Å²) in [6, 6.07) is 10.8. The third kappa shape index (κ3) is 3.33. The third-order valence-corrected chi connectivity index (χ3v) is 8.82. The van der Waals surface area contributed by atoms with Gasteiger partial charge >= 0.3 is 0 Å². The molecule has 1 aromatic heterocycles. The lowest BCUT2D eigenvalue weighted by Crippen LogP contribution is -2.70. The molecular formula is C30H28N2O9. The molecule has 11 nitrogen and oxygen atoms in total. The average Bonchev–Trinajstić information content (AvgIpc) is 3.34. The molecule has 11 heteroatoms. The molecule has 0 bridgehead atoms. The smallest absolute Gasteiger partial charge is 0.255 e. The van der Waals surface area contributed by atoms with E-state index in [1.54, 1.807) is 37.3 Å². The van der Waals surface area contributed by atoms with Crippen LogP contribution >= 0.6 is 0 Å². The lowest BCUT2D eigenvalue weighted by molar-refractivity contribution is -0.169. The van der Waals surface area contributed by atoms with Gasteiger partial charge in [0.1, 0.15) is 34.2 Å². The van der Waals surface area contributed by atoms with E-state index in [1.165, 1.54) is 19.0 Å². The number of carbonyl (C=O) groups is 3. The van der Waals surface area contributed by atoms with E-state index in [2.05, 4.69) is 0 Å². The number of rotatable bonds is 3. The predicted molar refractivity (Wildman–Crippen MR) is 146 cm³/mol. The van der Waals surface area contributed by atoms with Crippen LogP contribution in [-0.2, 0) is 14.4 Å². The van der Waals surface area contributed by atoms with Crippen molar-refractivity contribution in [1.82, 2.24) is 4.90 Å². The minimum Gasteiger partial charge on any atom is -0.508 e. The fourth-order valence-electron chi connectivity index (χ4n) is 6.93. The van der Waals surface area contributed by atoms with Crippen molar-refractivity contribution in [2.24, 2.45) is 17.6 Å². The maximum absolute atomic E-state index is 14.1. The monoisotopic (exact) mass is 560 g/mol. The second kappa shape index (κ2) is 8.77. The number of benzene rings is 2. The summed E-state index contributed by atoms with van der Waals surface area (Å²) in [4.78, 5) is 40.9. The van der Waals surface area contributed by atoms with E-state index in [-0.39, 0.29) is 11.1 Å². The number of likely N-dealkylation sites (N-methyl/N-ethyl adjacent to an activating group) is 1. The number of aliphatic hydroxyl groups is 4. The number of ketones is 2. The molecule has 1 saturated carbocycles. The molecule has 1 amide bonds. The Labute approximate surface area is 233 Å². The Kier molecular flexibility index (Phi) is 5.73. The number of aromatic hydroxyl groups is 1. The molecular weight excluding hydrogens is 532 g/mol. The molecule has 2 aromatic carbocycles. The van der Waals surface area contributed by atoms with Crippen molar-refractivity contribution in [1.29, 1.82) is 0 Å². The van der Waals surface area contributed by atoms with Crippen molar-refractivity contribution < 1.29 is 44.3 Å². The summed E-state index contributed by atoms with van der Waals surface area (Å²) in [6.07, 6.45) is -1.65. The van der Waals surface area contributed by atoms with Crippen molar-refractivity contribution in [2.75, 3.05) is 14.1 Å². The minimum atomic E-state index is -2.96. The Hall–Kier alpha value is -4.45. The lowest BCUT2D eigenvalue weighted by atomic mass is 9.54. The van der Waals surface area contributed by atoms with Gasteiger partial charge in [-0.1, -0.05) is 31.2 Å². The molecule has 2 unspecified atom stereocenters. The van der Waals surface area contributed by atoms with Crippen LogP contribution in [0.15, 0.2) is 63.8 Å². The van der Waals surface area contributed by atoms with Gasteiger partial charge in [-0.3, -0.25) is 19.3 Å². The van der Waals surface area contributed by atoms with Gasteiger partial charge in [0.25, 0.3) is 5.91 Å². The van der Waals surface area contributed by atoms with E-state index < -0.39 is 81.4 Å². The van der Waals surface area contributed by atoms with E-state index in [1.807, 2.05) is 12.1 Å². The van der Waals surface area contributed by atoms with Gasteiger partial charge in [-0.25, -0.2) is 0 Å². The number of para-hydroxylation sites is 1. The van der Waals surface area contributed by atoms with Gasteiger partial charge in [-0.15, -0.1) is 0 Å². The number of primary amides is 1. The zero-order valence-electron chi connectivity index (χ0n) is 22.3. The summed E-state index contributed by atoms with van der Waals surface area (Å²) >= 11 is 0. The molecule has 1 heterocycles. The van der Waals surface area contributed by atoms with Gasteiger partial charge in [0.05, 0.1) is 29.2 Å². The number of hydrogen-bond donors (Lipinski definition) is 6. The largest absolute Gasteiger partial charge is 0.508 e. The average molecular weight is 561 g/mol. The molecule has 0 saturated heterocycles. The van der Waals surface area contributed by atoms with Crippen LogP contribution in [0.5, 0.6) is 5.75 Å². The van der Waals surface area contributed by atoms with Gasteiger partial charge in [-0.2, -0.15) is 0 Å². The summed E-state index contributed by atoms with van der Waals surface area (Å²) in [5, 5.41) is 58.2. The third-order valence-electron chi connectivity index (χ3n) is 8.82. The van der Waals surface area contributed by atoms with Gasteiger partial charge in [-0.05, 0) is 43.8 Å². The van der Waals surface area contributed by atoms with Crippen LogP contribution in [0.3, 0.4) is 0 Å². The normalized spacial score (nSPS) is 29.6. The van der Waals surface area contributed by atoms with Crippen molar-refractivity contribution in [3.63, 3.8) is 0 Å². The number of hydrogen-bond acceptors (Lipinski definition) is 10. The van der Waals surface area contributed by atoms with Crippen molar-refractivity contribution in [3.05, 3.63) is 70.5 Å². The van der Waals surface area contributed by atoms with E-state index in [4.69, 9.17) is 10.2 Å². The zero-order valence-corrected chi connectivity index (χ0v) is 22.3. The van der Waals surface area contributed by atoms with Crippen LogP contribution in [-0.4, -0.2) is 79.7 Å². The Morgan fingerprint density at radius 3 is 2.39 bits per heavy atom. The van der Waals surface area contributed by atoms with Crippen molar-refractivity contribution in [2.45, 2.75) is 30.6 Å². The summed E-state index contributed by atoms with van der Waals surface area (Å²) in [7, 11) is 2.92. The molecule has 3 aliphatic rings. The zero-order chi connectivity index (χ0) is 29.7. The molecule has 0 aliphatic heterocycles. The van der Waals surface area contributed by atoms with Crippen LogP contribution in [0.25, 0.3) is 28.1 Å². The highest BCUT2D eigenvalue weighted by Gasteiger charge is 2.68. The van der Waals surface area contributed by atoms with Gasteiger partial charge in [0, 0.05) is 16.9 Å². The minimum absolute atomic E-state index is 0.0982. The number of Topliss-reactive ketones (excluding diaryl/α,β-unsaturated/α-hetero) is 2. The molecule has 41 heavy (non-hydrogen) atoms. The number of nitrogens with zero attached hydrogens (tertiary/aromatic N) is 1. The van der Waals surface area contributed by atoms with Crippen LogP contribution in [0, 0.1) is 11.8 Å². The van der Waals surface area contributed by atoms with E-state index in [9.17, 15) is 39.9 Å². The van der Waals surface area contributed by atoms with Crippen LogP contribution in [0.1, 0.15) is 24.0 Å². The van der Waals surface area contributed by atoms with Crippen LogP contribution in [0.4, 0.5) is 0 Å². The van der Waals surface area contributed by atoms with E-state index in [0.29, 0.717) is 16.9 Å². The van der Waals surface area contributed by atoms with E-state index in [0.717, 1.165) is 5.39 Å². The van der Waals surface area contributed by atoms with E-state index >= 15 is 0 Å². The number of nitrogens with two attached hydrogens (primary N) is 1. The first kappa shape index (κ1) is 26.8. The Morgan fingerprint density at radius 1 is 1.07 bits per heavy atom. The molecule has 6 atom stereocenters. The highest BCUT2D eigenvalue weighted by molar-refractivity contribution is 6.24. The molecule has 0 spiro atoms. The molecule has 7 N–H and O–H groups in total. The fraction of sp³-hybridized carbons (Fsp3) is 0.300. The number of aliphatic hydroxyl groups excluding tert-OH is 3. The Morgan fingerprint density at radius 2 is 1.76 bits per heavy atom. The number of furan rings is 1. The van der Waals surface area contributed by atoms with Crippen molar-refractivity contribution >= 4 is 34.2 Å². The highest BCUT2D eigenvalue weighted by atomic mass is 16.4. The summed E-state index contributed by atoms with van der Waals surface area (Å²) in [6.45, 7) is 1.68. The van der Waals surface area contributed by atoms with Gasteiger partial charge in [0.2, 0.25) is 5.78 Å². The number of phenolic OH excluding ortho intramolecular Hbond substituents is 1. The van der Waals surface area contributed by atoms with Gasteiger partial charge < -0.3 is 35.7 Å². The summed E-state index contributed by atoms with van der Waals surface area (Å²) < 4.78 is 5.89. The number of fused-ring (bicyclic) bond motifs is 4. The standard InChI is InChI=1S/C30H28N2O9/c1-11-13-8-9-14(16-10-12-6-4-5-7-15(12)41-16)23(33)18(13)24(34)19-17(11)25(35)21-22(32(2)3)26(36)20(29(31)39)28(38)30(21,40)27(19)37/h4-11,17,21-22,25,33-35,38,40H,1-3H3,(H2,31,39)/t11-,17?,21?,22-,25-,30-/m0/s1. The van der Waals surface area contributed by atoms with Crippen LogP contribution < -0.4 is 5.73 Å². The first-order chi connectivity index (χ1) is 19.3. The fourth-order valence-corrected chi connectivity index (χ4v) is 6.93. The molecule has 3 aromatic rings. The summed E-state index contributed by atoms with van der Waals surface area (Å²) in [5.74, 6) is -9.02. The quantitative estimate of drug-likeness (QED) is 0.258. The Balaban J connectivity index is 1.59. The second-order valence-electron chi connectivity index (χ2n) is 11.1. The molecule has 6 rings (SSSR count). The SMILES string of the molecule is C[C@H]1c2ccc(-c3cc4ccccc4o3)c(O)c2C(O)=C2C(=O)[C@]3(O)C(O)=C(C(N)=O)C(=O)[C@@H](N(C)C)C3[C@@H](O)C21. The van der Waals surface area contributed by atoms with Crippen molar-refractivity contribution in [3.8, 4) is 17.1 Å². The summed E-state index contributed by atoms with van der Waals surface area (Å²) in [5.41, 5.74) is 2.10.